The van der Waals surface area contributed by atoms with Gasteiger partial charge < -0.3 is 9.84 Å². The van der Waals surface area contributed by atoms with E-state index >= 15 is 0 Å². The maximum atomic E-state index is 12.2. The lowest BCUT2D eigenvalue weighted by Gasteiger charge is -2.19. The number of hydrogen-bond donors (Lipinski definition) is 2. The van der Waals surface area contributed by atoms with Crippen LogP contribution in [0.3, 0.4) is 0 Å². The molecule has 9 heteroatoms. The van der Waals surface area contributed by atoms with Crippen LogP contribution in [-0.4, -0.2) is 40.3 Å². The Bertz CT molecular complexity index is 720. The van der Waals surface area contributed by atoms with Crippen LogP contribution in [0.5, 0.6) is 0 Å². The number of nitrogens with zero attached hydrogens (tertiary/aromatic N) is 3. The van der Waals surface area contributed by atoms with Crippen LogP contribution >= 0.6 is 24.0 Å². The number of hydrogen-bond acceptors (Lipinski definition) is 7. The minimum atomic E-state index is -0.807. The van der Waals surface area contributed by atoms with Crippen LogP contribution in [0, 0.1) is 0 Å². The number of aliphatic carboxylic acids is 1. The first-order chi connectivity index (χ1) is 11.5. The number of thiol groups is 1. The standard InChI is InChI=1S/C15H19N3O4S2/c1-2-18(15(21)22-9-5-3-4-6-12(19)20)11-8-7-10-13(17-11)24-14(23)16-10/h7-8H,2-6,9H2,1H3,(H,16,23)(H,19,20). The largest absolute Gasteiger partial charge is 0.481 e. The summed E-state index contributed by atoms with van der Waals surface area (Å²) >= 11 is 5.55. The number of carboxylic acid groups (broad SMARTS) is 1. The summed E-state index contributed by atoms with van der Waals surface area (Å²) in [6.07, 6.45) is 1.61. The Morgan fingerprint density at radius 2 is 2.08 bits per heavy atom. The number of unbranched alkanes of at least 4 members (excludes halogenated alkanes) is 2. The van der Waals surface area contributed by atoms with E-state index in [1.54, 1.807) is 12.1 Å². The Hall–Kier alpha value is -1.87. The molecule has 2 aromatic rings. The third-order valence-corrected chi connectivity index (χ3v) is 4.44. The van der Waals surface area contributed by atoms with Crippen molar-refractivity contribution >= 4 is 52.2 Å². The van der Waals surface area contributed by atoms with Crippen LogP contribution in [0.2, 0.25) is 0 Å². The summed E-state index contributed by atoms with van der Waals surface area (Å²) in [5.41, 5.74) is 0.747. The van der Waals surface area contributed by atoms with Crippen molar-refractivity contribution in [3.63, 3.8) is 0 Å². The molecular formula is C15H19N3O4S2. The maximum absolute atomic E-state index is 12.2. The van der Waals surface area contributed by atoms with E-state index in [0.717, 1.165) is 10.3 Å². The first kappa shape index (κ1) is 18.5. The zero-order valence-corrected chi connectivity index (χ0v) is 15.0. The van der Waals surface area contributed by atoms with Gasteiger partial charge in [-0.1, -0.05) is 11.3 Å². The molecule has 2 aromatic heterocycles. The highest BCUT2D eigenvalue weighted by molar-refractivity contribution is 7.82. The molecule has 0 saturated carbocycles. The fourth-order valence-electron chi connectivity index (χ4n) is 2.12. The summed E-state index contributed by atoms with van der Waals surface area (Å²) in [4.78, 5) is 33.4. The molecule has 1 N–H and O–H groups in total. The average Bonchev–Trinajstić information content (AvgIpc) is 2.90. The first-order valence-corrected chi connectivity index (χ1v) is 8.90. The third-order valence-electron chi connectivity index (χ3n) is 3.30. The Morgan fingerprint density at radius 1 is 1.29 bits per heavy atom. The third kappa shape index (κ3) is 5.07. The summed E-state index contributed by atoms with van der Waals surface area (Å²) in [7, 11) is 0. The molecule has 0 radical (unpaired) electrons. The number of carboxylic acids is 1. The molecule has 0 atom stereocenters. The Balaban J connectivity index is 1.89. The van der Waals surface area contributed by atoms with E-state index in [-0.39, 0.29) is 13.0 Å². The Kier molecular flexibility index (Phi) is 6.80. The van der Waals surface area contributed by atoms with Crippen molar-refractivity contribution in [3.05, 3.63) is 12.1 Å². The van der Waals surface area contributed by atoms with Gasteiger partial charge in [0.05, 0.1) is 6.61 Å². The summed E-state index contributed by atoms with van der Waals surface area (Å²) < 4.78 is 5.87. The van der Waals surface area contributed by atoms with Crippen LogP contribution in [0.25, 0.3) is 10.3 Å². The normalized spacial score (nSPS) is 10.8. The van der Waals surface area contributed by atoms with Crippen LogP contribution in [0.4, 0.5) is 10.6 Å². The molecule has 1 amide bonds. The number of ether oxygens (including phenoxy) is 1. The van der Waals surface area contributed by atoms with Crippen molar-refractivity contribution in [2.45, 2.75) is 36.9 Å². The molecule has 0 aliphatic rings. The molecule has 0 bridgehead atoms. The monoisotopic (exact) mass is 369 g/mol. The van der Waals surface area contributed by atoms with E-state index in [4.69, 9.17) is 9.84 Å². The van der Waals surface area contributed by atoms with Gasteiger partial charge in [-0.25, -0.2) is 14.8 Å². The van der Waals surface area contributed by atoms with Crippen molar-refractivity contribution in [1.82, 2.24) is 9.97 Å². The first-order valence-electron chi connectivity index (χ1n) is 7.64. The lowest BCUT2D eigenvalue weighted by Crippen LogP contribution is -2.32. The molecule has 130 valence electrons. The number of amides is 1. The zero-order chi connectivity index (χ0) is 17.5. The molecule has 0 aliphatic heterocycles. The number of rotatable bonds is 8. The zero-order valence-electron chi connectivity index (χ0n) is 13.3. The van der Waals surface area contributed by atoms with Crippen molar-refractivity contribution in [1.29, 1.82) is 0 Å². The Morgan fingerprint density at radius 3 is 2.79 bits per heavy atom. The molecule has 2 heterocycles. The lowest BCUT2D eigenvalue weighted by molar-refractivity contribution is -0.137. The van der Waals surface area contributed by atoms with E-state index in [1.165, 1.54) is 16.2 Å². The SMILES string of the molecule is CCN(C(=O)OCCCCCC(=O)O)c1ccc2nc(S)sc2n1. The van der Waals surface area contributed by atoms with Crippen LogP contribution in [0.1, 0.15) is 32.6 Å². The number of aromatic nitrogens is 2. The van der Waals surface area contributed by atoms with Crippen LogP contribution < -0.4 is 4.90 Å². The van der Waals surface area contributed by atoms with Gasteiger partial charge in [0.15, 0.2) is 0 Å². The second-order valence-corrected chi connectivity index (χ2v) is 6.76. The molecule has 0 fully saturated rings. The van der Waals surface area contributed by atoms with Crippen LogP contribution in [0.15, 0.2) is 16.5 Å². The van der Waals surface area contributed by atoms with Crippen molar-refractivity contribution in [3.8, 4) is 0 Å². The summed E-state index contributed by atoms with van der Waals surface area (Å²) in [5, 5.41) is 8.56. The minimum absolute atomic E-state index is 0.140. The average molecular weight is 369 g/mol. The van der Waals surface area contributed by atoms with Gasteiger partial charge in [-0.05, 0) is 38.3 Å². The van der Waals surface area contributed by atoms with E-state index in [0.29, 0.717) is 36.0 Å². The fraction of sp³-hybridized carbons (Fsp3) is 0.467. The molecule has 24 heavy (non-hydrogen) atoms. The number of carbonyl (C=O) groups excluding carboxylic acids is 1. The molecular weight excluding hydrogens is 350 g/mol. The Labute approximate surface area is 149 Å². The highest BCUT2D eigenvalue weighted by atomic mass is 32.2. The van der Waals surface area contributed by atoms with E-state index in [9.17, 15) is 9.59 Å². The lowest BCUT2D eigenvalue weighted by atomic mass is 10.2. The number of carbonyl (C=O) groups is 2. The van der Waals surface area contributed by atoms with Crippen molar-refractivity contribution in [2.75, 3.05) is 18.1 Å². The number of thiazole rings is 1. The van der Waals surface area contributed by atoms with E-state index in [2.05, 4.69) is 22.6 Å². The van der Waals surface area contributed by atoms with Gasteiger partial charge in [0.2, 0.25) is 0 Å². The smallest absolute Gasteiger partial charge is 0.415 e. The van der Waals surface area contributed by atoms with Crippen LogP contribution in [-0.2, 0) is 9.53 Å². The molecule has 0 aliphatic carbocycles. The second-order valence-electron chi connectivity index (χ2n) is 5.05. The van der Waals surface area contributed by atoms with Gasteiger partial charge in [0, 0.05) is 13.0 Å². The minimum Gasteiger partial charge on any atom is -0.481 e. The van der Waals surface area contributed by atoms with Gasteiger partial charge >= 0.3 is 12.1 Å². The predicted octanol–water partition coefficient (Wildman–Crippen LogP) is 3.59. The molecule has 0 saturated heterocycles. The maximum Gasteiger partial charge on any atom is 0.415 e. The molecule has 0 spiro atoms. The van der Waals surface area contributed by atoms with Gasteiger partial charge in [-0.2, -0.15) is 0 Å². The topological polar surface area (TPSA) is 92.6 Å². The molecule has 7 nitrogen and oxygen atoms in total. The van der Waals surface area contributed by atoms with Gasteiger partial charge in [-0.3, -0.25) is 9.69 Å². The van der Waals surface area contributed by atoms with Gasteiger partial charge in [0.1, 0.15) is 20.5 Å². The highest BCUT2D eigenvalue weighted by Gasteiger charge is 2.17. The second kappa shape index (κ2) is 8.84. The van der Waals surface area contributed by atoms with Gasteiger partial charge in [0.25, 0.3) is 0 Å². The number of anilines is 1. The highest BCUT2D eigenvalue weighted by Crippen LogP contribution is 2.25. The fourth-order valence-corrected chi connectivity index (χ4v) is 3.16. The number of pyridine rings is 1. The predicted molar refractivity (Wildman–Crippen MR) is 95.1 cm³/mol. The van der Waals surface area contributed by atoms with E-state index < -0.39 is 12.1 Å². The van der Waals surface area contributed by atoms with Crippen molar-refractivity contribution < 1.29 is 19.4 Å². The van der Waals surface area contributed by atoms with Crippen molar-refractivity contribution in [2.24, 2.45) is 0 Å². The summed E-state index contributed by atoms with van der Waals surface area (Å²) in [6, 6.07) is 3.53. The molecule has 0 aromatic carbocycles. The number of fused-ring (bicyclic) bond motifs is 1. The molecule has 0 unspecified atom stereocenters. The molecule has 2 rings (SSSR count). The summed E-state index contributed by atoms with van der Waals surface area (Å²) in [5.74, 6) is -0.295. The quantitative estimate of drug-likeness (QED) is 0.546. The van der Waals surface area contributed by atoms with Gasteiger partial charge in [-0.15, -0.1) is 12.6 Å². The van der Waals surface area contributed by atoms with E-state index in [1.807, 2.05) is 6.92 Å². The summed E-state index contributed by atoms with van der Waals surface area (Å²) in [6.45, 7) is 2.54.